The highest BCUT2D eigenvalue weighted by atomic mass is 32.2. The third-order valence-corrected chi connectivity index (χ3v) is 5.61. The Morgan fingerprint density at radius 2 is 1.92 bits per heavy atom. The Bertz CT molecular complexity index is 862. The minimum Gasteiger partial charge on any atom is -0.497 e. The van der Waals surface area contributed by atoms with Crippen molar-refractivity contribution >= 4 is 28.9 Å². The Morgan fingerprint density at radius 1 is 1.12 bits per heavy atom. The largest absolute Gasteiger partial charge is 0.497 e. The molecule has 0 saturated heterocycles. The average molecular weight is 371 g/mol. The predicted octanol–water partition coefficient (Wildman–Crippen LogP) is 4.80. The second-order valence-corrected chi connectivity index (χ2v) is 7.22. The number of hydrogen-bond donors (Lipinski definition) is 0. The lowest BCUT2D eigenvalue weighted by molar-refractivity contribution is 0.101. The highest BCUT2D eigenvalue weighted by Crippen LogP contribution is 2.30. The monoisotopic (exact) mass is 371 g/mol. The van der Waals surface area contributed by atoms with E-state index >= 15 is 0 Å². The van der Waals surface area contributed by atoms with E-state index in [1.54, 1.807) is 43.8 Å². The van der Waals surface area contributed by atoms with Crippen LogP contribution in [-0.4, -0.2) is 30.7 Å². The van der Waals surface area contributed by atoms with Gasteiger partial charge in [0.15, 0.2) is 10.1 Å². The van der Waals surface area contributed by atoms with Crippen LogP contribution in [0.5, 0.6) is 11.5 Å². The highest BCUT2D eigenvalue weighted by molar-refractivity contribution is 8.01. The summed E-state index contributed by atoms with van der Waals surface area (Å²) in [5, 5.41) is 2.01. The first-order chi connectivity index (χ1) is 12.2. The van der Waals surface area contributed by atoms with Crippen LogP contribution in [0, 0.1) is 0 Å². The van der Waals surface area contributed by atoms with Gasteiger partial charge in [0.2, 0.25) is 0 Å². The summed E-state index contributed by atoms with van der Waals surface area (Å²) in [4.78, 5) is 17.2. The van der Waals surface area contributed by atoms with Gasteiger partial charge in [0.05, 0.1) is 31.2 Å². The van der Waals surface area contributed by atoms with Crippen LogP contribution in [0.3, 0.4) is 0 Å². The quantitative estimate of drug-likeness (QED) is 0.441. The van der Waals surface area contributed by atoms with E-state index in [2.05, 4.69) is 4.98 Å². The van der Waals surface area contributed by atoms with Gasteiger partial charge in [-0.15, -0.1) is 11.3 Å². The molecule has 6 heteroatoms. The number of nitrogens with zero attached hydrogens (tertiary/aromatic N) is 1. The second kappa shape index (κ2) is 8.18. The summed E-state index contributed by atoms with van der Waals surface area (Å²) < 4.78 is 11.3. The SMILES string of the molecule is COc1ccc(OC)c(C(=O)CSc2nc(-c3ccccc3)cs2)c1. The van der Waals surface area contributed by atoms with Crippen molar-refractivity contribution in [3.8, 4) is 22.8 Å². The van der Waals surface area contributed by atoms with Crippen LogP contribution < -0.4 is 9.47 Å². The molecule has 3 aromatic rings. The third-order valence-electron chi connectivity index (χ3n) is 3.59. The number of aromatic nitrogens is 1. The van der Waals surface area contributed by atoms with Gasteiger partial charge in [-0.3, -0.25) is 4.79 Å². The first kappa shape index (κ1) is 17.5. The molecule has 0 spiro atoms. The Labute approximate surface area is 154 Å². The van der Waals surface area contributed by atoms with Crippen molar-refractivity contribution < 1.29 is 14.3 Å². The number of hydrogen-bond acceptors (Lipinski definition) is 6. The van der Waals surface area contributed by atoms with Crippen molar-refractivity contribution in [3.63, 3.8) is 0 Å². The lowest BCUT2D eigenvalue weighted by Gasteiger charge is -2.09. The lowest BCUT2D eigenvalue weighted by atomic mass is 10.1. The smallest absolute Gasteiger partial charge is 0.177 e. The first-order valence-electron chi connectivity index (χ1n) is 7.60. The fourth-order valence-corrected chi connectivity index (χ4v) is 4.02. The van der Waals surface area contributed by atoms with E-state index in [1.807, 2.05) is 35.7 Å². The Hall–Kier alpha value is -2.31. The van der Waals surface area contributed by atoms with E-state index in [1.165, 1.54) is 11.8 Å². The molecule has 0 bridgehead atoms. The molecular weight excluding hydrogens is 354 g/mol. The molecule has 0 radical (unpaired) electrons. The molecule has 0 N–H and O–H groups in total. The summed E-state index contributed by atoms with van der Waals surface area (Å²) in [6, 6.07) is 15.2. The zero-order valence-corrected chi connectivity index (χ0v) is 15.5. The first-order valence-corrected chi connectivity index (χ1v) is 9.46. The number of benzene rings is 2. The Morgan fingerprint density at radius 3 is 2.64 bits per heavy atom. The Kier molecular flexibility index (Phi) is 5.73. The van der Waals surface area contributed by atoms with E-state index in [-0.39, 0.29) is 5.78 Å². The van der Waals surface area contributed by atoms with E-state index in [0.717, 1.165) is 15.6 Å². The van der Waals surface area contributed by atoms with Crippen LogP contribution in [0.25, 0.3) is 11.3 Å². The molecule has 0 amide bonds. The van der Waals surface area contributed by atoms with Gasteiger partial charge < -0.3 is 9.47 Å². The van der Waals surface area contributed by atoms with Crippen molar-refractivity contribution in [2.75, 3.05) is 20.0 Å². The number of Topliss-reactive ketones (excluding diaryl/α,β-unsaturated/α-hetero) is 1. The molecule has 0 aliphatic heterocycles. The molecule has 25 heavy (non-hydrogen) atoms. The number of carbonyl (C=O) groups is 1. The third kappa shape index (κ3) is 4.21. The minimum absolute atomic E-state index is 0.0165. The molecule has 0 aliphatic rings. The molecule has 0 atom stereocenters. The zero-order valence-electron chi connectivity index (χ0n) is 13.9. The maximum absolute atomic E-state index is 12.6. The molecule has 1 heterocycles. The lowest BCUT2D eigenvalue weighted by Crippen LogP contribution is -2.05. The van der Waals surface area contributed by atoms with Crippen LogP contribution in [0.2, 0.25) is 0 Å². The number of ether oxygens (including phenoxy) is 2. The minimum atomic E-state index is -0.0165. The van der Waals surface area contributed by atoms with Crippen LogP contribution in [0.15, 0.2) is 58.3 Å². The fourth-order valence-electron chi connectivity index (χ4n) is 2.30. The summed E-state index contributed by atoms with van der Waals surface area (Å²) in [5.41, 5.74) is 2.53. The summed E-state index contributed by atoms with van der Waals surface area (Å²) in [7, 11) is 3.13. The summed E-state index contributed by atoms with van der Waals surface area (Å²) >= 11 is 2.98. The van der Waals surface area contributed by atoms with E-state index in [4.69, 9.17) is 9.47 Å². The van der Waals surface area contributed by atoms with E-state index in [0.29, 0.717) is 22.8 Å². The molecule has 0 unspecified atom stereocenters. The maximum Gasteiger partial charge on any atom is 0.177 e. The van der Waals surface area contributed by atoms with Crippen LogP contribution >= 0.6 is 23.1 Å². The number of thiazole rings is 1. The number of thioether (sulfide) groups is 1. The van der Waals surface area contributed by atoms with E-state index < -0.39 is 0 Å². The van der Waals surface area contributed by atoms with Crippen LogP contribution in [-0.2, 0) is 0 Å². The predicted molar refractivity (Wildman–Crippen MR) is 102 cm³/mol. The van der Waals surface area contributed by atoms with Gasteiger partial charge in [-0.05, 0) is 18.2 Å². The molecule has 2 aromatic carbocycles. The van der Waals surface area contributed by atoms with Gasteiger partial charge in [0.25, 0.3) is 0 Å². The van der Waals surface area contributed by atoms with Gasteiger partial charge in [-0.2, -0.15) is 0 Å². The second-order valence-electron chi connectivity index (χ2n) is 5.14. The molecule has 0 saturated carbocycles. The van der Waals surface area contributed by atoms with Crippen molar-refractivity contribution in [1.82, 2.24) is 4.98 Å². The number of methoxy groups -OCH3 is 2. The maximum atomic E-state index is 12.6. The van der Waals surface area contributed by atoms with Crippen LogP contribution in [0.4, 0.5) is 0 Å². The molecular formula is C19H17NO3S2. The van der Waals surface area contributed by atoms with Crippen molar-refractivity contribution in [2.45, 2.75) is 4.34 Å². The highest BCUT2D eigenvalue weighted by Gasteiger charge is 2.15. The number of rotatable bonds is 7. The summed E-state index contributed by atoms with van der Waals surface area (Å²) in [5.74, 6) is 1.47. The summed E-state index contributed by atoms with van der Waals surface area (Å²) in [6.07, 6.45) is 0. The topological polar surface area (TPSA) is 48.4 Å². The van der Waals surface area contributed by atoms with Gasteiger partial charge in [0.1, 0.15) is 11.5 Å². The van der Waals surface area contributed by atoms with E-state index in [9.17, 15) is 4.79 Å². The van der Waals surface area contributed by atoms with Gasteiger partial charge in [-0.1, -0.05) is 42.1 Å². The molecule has 0 fully saturated rings. The standard InChI is InChI=1S/C19H17NO3S2/c1-22-14-8-9-18(23-2)15(10-14)17(21)12-25-19-20-16(11-24-19)13-6-4-3-5-7-13/h3-11H,12H2,1-2H3. The molecule has 0 aliphatic carbocycles. The fraction of sp³-hybridized carbons (Fsp3) is 0.158. The summed E-state index contributed by atoms with van der Waals surface area (Å²) in [6.45, 7) is 0. The van der Waals surface area contributed by atoms with Crippen molar-refractivity contribution in [2.24, 2.45) is 0 Å². The van der Waals surface area contributed by atoms with Gasteiger partial charge in [0, 0.05) is 10.9 Å². The number of carbonyl (C=O) groups excluding carboxylic acids is 1. The molecule has 128 valence electrons. The van der Waals surface area contributed by atoms with Gasteiger partial charge in [-0.25, -0.2) is 4.98 Å². The van der Waals surface area contributed by atoms with Crippen molar-refractivity contribution in [1.29, 1.82) is 0 Å². The van der Waals surface area contributed by atoms with Gasteiger partial charge >= 0.3 is 0 Å². The molecule has 1 aromatic heterocycles. The number of ketones is 1. The van der Waals surface area contributed by atoms with Crippen molar-refractivity contribution in [3.05, 3.63) is 59.5 Å². The molecule has 4 nitrogen and oxygen atoms in total. The normalized spacial score (nSPS) is 10.5. The molecule has 3 rings (SSSR count). The zero-order chi connectivity index (χ0) is 17.6. The Balaban J connectivity index is 1.70. The average Bonchev–Trinajstić information content (AvgIpc) is 3.15. The van der Waals surface area contributed by atoms with Crippen LogP contribution in [0.1, 0.15) is 10.4 Å².